The number of nitrogens with zero attached hydrogens (tertiary/aromatic N) is 2. The molecule has 2 aromatic carbocycles. The second kappa shape index (κ2) is 10.4. The Labute approximate surface area is 171 Å². The molecule has 0 aliphatic rings. The van der Waals surface area contributed by atoms with Gasteiger partial charge in [-0.2, -0.15) is 0 Å². The van der Waals surface area contributed by atoms with Crippen LogP contribution in [0.5, 0.6) is 11.5 Å². The van der Waals surface area contributed by atoms with E-state index in [-0.39, 0.29) is 18.9 Å². The monoisotopic (exact) mass is 400 g/mol. The van der Waals surface area contributed by atoms with E-state index in [2.05, 4.69) is 0 Å². The summed E-state index contributed by atoms with van der Waals surface area (Å²) in [5, 5.41) is 0. The van der Waals surface area contributed by atoms with Crippen LogP contribution in [0.3, 0.4) is 0 Å². The minimum absolute atomic E-state index is 0.0450. The van der Waals surface area contributed by atoms with Gasteiger partial charge in [0.25, 0.3) is 5.91 Å². The Hall–Kier alpha value is -3.22. The van der Waals surface area contributed by atoms with Crippen molar-refractivity contribution >= 4 is 17.6 Å². The van der Waals surface area contributed by atoms with Crippen molar-refractivity contribution in [1.82, 2.24) is 4.90 Å². The first-order valence-corrected chi connectivity index (χ1v) is 9.20. The lowest BCUT2D eigenvalue weighted by molar-refractivity contribution is -0.151. The first-order chi connectivity index (χ1) is 13.8. The highest BCUT2D eigenvalue weighted by Crippen LogP contribution is 2.27. The van der Waals surface area contributed by atoms with Gasteiger partial charge in [-0.05, 0) is 35.4 Å². The number of rotatable bonds is 9. The molecule has 2 rings (SSSR count). The standard InChI is InChI=1S/C22H28N2O5/c1-23(2)18-9-6-16(7-10-18)14-24(3)21(25)15-29-22(26)13-17-8-11-19(27-4)20(12-17)28-5/h6-12H,13-15H2,1-5H3. The van der Waals surface area contributed by atoms with Crippen molar-refractivity contribution in [2.75, 3.05) is 46.9 Å². The number of likely N-dealkylation sites (N-methyl/N-ethyl adjacent to an activating group) is 1. The summed E-state index contributed by atoms with van der Waals surface area (Å²) in [7, 11) is 8.71. The molecule has 0 unspecified atom stereocenters. The van der Waals surface area contributed by atoms with Gasteiger partial charge in [0, 0.05) is 33.4 Å². The number of ether oxygens (including phenoxy) is 3. The van der Waals surface area contributed by atoms with Gasteiger partial charge < -0.3 is 24.0 Å². The Kier molecular flexibility index (Phi) is 7.88. The molecule has 29 heavy (non-hydrogen) atoms. The molecule has 0 fully saturated rings. The molecule has 0 aliphatic heterocycles. The lowest BCUT2D eigenvalue weighted by Crippen LogP contribution is -2.31. The van der Waals surface area contributed by atoms with Crippen LogP contribution in [0.2, 0.25) is 0 Å². The quantitative estimate of drug-likeness (QED) is 0.603. The molecule has 0 bridgehead atoms. The third kappa shape index (κ3) is 6.41. The highest BCUT2D eigenvalue weighted by molar-refractivity contribution is 5.81. The summed E-state index contributed by atoms with van der Waals surface area (Å²) >= 11 is 0. The van der Waals surface area contributed by atoms with Crippen molar-refractivity contribution in [3.8, 4) is 11.5 Å². The lowest BCUT2D eigenvalue weighted by Gasteiger charge is -2.18. The molecule has 0 heterocycles. The van der Waals surface area contributed by atoms with Crippen LogP contribution in [0.4, 0.5) is 5.69 Å². The highest BCUT2D eigenvalue weighted by atomic mass is 16.5. The Balaban J connectivity index is 1.83. The number of hydrogen-bond donors (Lipinski definition) is 0. The molecule has 7 nitrogen and oxygen atoms in total. The fraction of sp³-hybridized carbons (Fsp3) is 0.364. The number of benzene rings is 2. The van der Waals surface area contributed by atoms with Crippen LogP contribution in [-0.4, -0.2) is 58.7 Å². The van der Waals surface area contributed by atoms with Crippen molar-refractivity contribution in [3.05, 3.63) is 53.6 Å². The molecule has 0 aromatic heterocycles. The molecular formula is C22H28N2O5. The summed E-state index contributed by atoms with van der Waals surface area (Å²) < 4.78 is 15.5. The molecule has 156 valence electrons. The average Bonchev–Trinajstić information content (AvgIpc) is 2.72. The molecule has 0 aliphatic carbocycles. The van der Waals surface area contributed by atoms with E-state index in [0.29, 0.717) is 18.0 Å². The zero-order valence-electron chi connectivity index (χ0n) is 17.6. The van der Waals surface area contributed by atoms with Gasteiger partial charge in [-0.1, -0.05) is 18.2 Å². The summed E-state index contributed by atoms with van der Waals surface area (Å²) in [6.07, 6.45) is 0.0450. The van der Waals surface area contributed by atoms with Crippen LogP contribution in [-0.2, 0) is 27.3 Å². The summed E-state index contributed by atoms with van der Waals surface area (Å²) in [6, 6.07) is 13.1. The Morgan fingerprint density at radius 1 is 0.862 bits per heavy atom. The first-order valence-electron chi connectivity index (χ1n) is 9.20. The Bertz CT molecular complexity index is 834. The maximum absolute atomic E-state index is 12.3. The molecule has 0 N–H and O–H groups in total. The number of hydrogen-bond acceptors (Lipinski definition) is 6. The molecule has 7 heteroatoms. The summed E-state index contributed by atoms with van der Waals surface area (Å²) in [5.74, 6) is 0.380. The smallest absolute Gasteiger partial charge is 0.310 e. The zero-order valence-corrected chi connectivity index (χ0v) is 17.6. The molecule has 1 amide bonds. The number of methoxy groups -OCH3 is 2. The third-order valence-corrected chi connectivity index (χ3v) is 4.45. The predicted octanol–water partition coefficient (Wildman–Crippen LogP) is 2.51. The average molecular weight is 400 g/mol. The second-order valence-electron chi connectivity index (χ2n) is 6.84. The molecule has 0 radical (unpaired) electrons. The summed E-state index contributed by atoms with van der Waals surface area (Å²) in [5.41, 5.74) is 2.81. The number of esters is 1. The number of carbonyl (C=O) groups is 2. The normalized spacial score (nSPS) is 10.2. The fourth-order valence-electron chi connectivity index (χ4n) is 2.72. The van der Waals surface area contributed by atoms with Crippen molar-refractivity contribution in [1.29, 1.82) is 0 Å². The number of anilines is 1. The number of carbonyl (C=O) groups excluding carboxylic acids is 2. The summed E-state index contributed by atoms with van der Waals surface area (Å²) in [6.45, 7) is 0.151. The van der Waals surface area contributed by atoms with Gasteiger partial charge in [0.15, 0.2) is 18.1 Å². The van der Waals surface area contributed by atoms with Crippen LogP contribution in [0.15, 0.2) is 42.5 Å². The first kappa shape index (κ1) is 22.1. The van der Waals surface area contributed by atoms with Crippen molar-refractivity contribution in [3.63, 3.8) is 0 Å². The molecule has 0 atom stereocenters. The minimum atomic E-state index is -0.477. The van der Waals surface area contributed by atoms with Gasteiger partial charge in [0.2, 0.25) is 0 Å². The van der Waals surface area contributed by atoms with Gasteiger partial charge in [-0.25, -0.2) is 0 Å². The van der Waals surface area contributed by atoms with E-state index in [4.69, 9.17) is 14.2 Å². The third-order valence-electron chi connectivity index (χ3n) is 4.45. The van der Waals surface area contributed by atoms with Gasteiger partial charge in [-0.15, -0.1) is 0 Å². The van der Waals surface area contributed by atoms with Gasteiger partial charge in [-0.3, -0.25) is 9.59 Å². The largest absolute Gasteiger partial charge is 0.493 e. The van der Waals surface area contributed by atoms with Crippen molar-refractivity contribution < 1.29 is 23.8 Å². The number of amides is 1. The second-order valence-corrected chi connectivity index (χ2v) is 6.84. The molecule has 0 spiro atoms. The minimum Gasteiger partial charge on any atom is -0.493 e. The highest BCUT2D eigenvalue weighted by Gasteiger charge is 2.14. The Morgan fingerprint density at radius 2 is 1.48 bits per heavy atom. The van der Waals surface area contributed by atoms with Crippen molar-refractivity contribution in [2.45, 2.75) is 13.0 Å². The van der Waals surface area contributed by atoms with Crippen molar-refractivity contribution in [2.24, 2.45) is 0 Å². The van der Waals surface area contributed by atoms with E-state index in [1.807, 2.05) is 43.3 Å². The topological polar surface area (TPSA) is 68.3 Å². The van der Waals surface area contributed by atoms with Gasteiger partial charge in [0.05, 0.1) is 20.6 Å². The molecule has 0 saturated carbocycles. The van der Waals surface area contributed by atoms with E-state index in [9.17, 15) is 9.59 Å². The van der Waals surface area contributed by atoms with Crippen LogP contribution in [0.25, 0.3) is 0 Å². The summed E-state index contributed by atoms with van der Waals surface area (Å²) in [4.78, 5) is 27.9. The van der Waals surface area contributed by atoms with Gasteiger partial charge in [0.1, 0.15) is 0 Å². The van der Waals surface area contributed by atoms with E-state index in [0.717, 1.165) is 16.8 Å². The lowest BCUT2D eigenvalue weighted by atomic mass is 10.1. The predicted molar refractivity (Wildman–Crippen MR) is 111 cm³/mol. The van der Waals surface area contributed by atoms with Crippen LogP contribution >= 0.6 is 0 Å². The molecule has 0 saturated heterocycles. The zero-order chi connectivity index (χ0) is 21.4. The SMILES string of the molecule is COc1ccc(CC(=O)OCC(=O)N(C)Cc2ccc(N(C)C)cc2)cc1OC. The van der Waals surface area contributed by atoms with Crippen LogP contribution in [0.1, 0.15) is 11.1 Å². The fourth-order valence-corrected chi connectivity index (χ4v) is 2.72. The maximum atomic E-state index is 12.3. The van der Waals surface area contributed by atoms with Crippen LogP contribution < -0.4 is 14.4 Å². The molecule has 2 aromatic rings. The van der Waals surface area contributed by atoms with Gasteiger partial charge >= 0.3 is 5.97 Å². The van der Waals surface area contributed by atoms with E-state index < -0.39 is 5.97 Å². The van der Waals surface area contributed by atoms with E-state index in [1.54, 1.807) is 32.4 Å². The molecular weight excluding hydrogens is 372 g/mol. The Morgan fingerprint density at radius 3 is 2.07 bits per heavy atom. The van der Waals surface area contributed by atoms with E-state index in [1.165, 1.54) is 12.0 Å². The maximum Gasteiger partial charge on any atom is 0.310 e. The van der Waals surface area contributed by atoms with E-state index >= 15 is 0 Å². The van der Waals surface area contributed by atoms with Crippen LogP contribution in [0, 0.1) is 0 Å².